The summed E-state index contributed by atoms with van der Waals surface area (Å²) in [5, 5.41) is 10.9. The second kappa shape index (κ2) is 6.51. The minimum absolute atomic E-state index is 0.0763. The highest BCUT2D eigenvalue weighted by atomic mass is 35.5. The first-order valence-electron chi connectivity index (χ1n) is 9.38. The number of halogens is 2. The van der Waals surface area contributed by atoms with Crippen LogP contribution in [-0.4, -0.2) is 31.0 Å². The van der Waals surface area contributed by atoms with Crippen molar-refractivity contribution in [2.75, 3.05) is 0 Å². The van der Waals surface area contributed by atoms with Crippen molar-refractivity contribution in [3.63, 3.8) is 0 Å². The molecule has 2 N–H and O–H groups in total. The maximum atomic E-state index is 14.5. The number of aromatic amines is 1. The lowest BCUT2D eigenvalue weighted by Crippen LogP contribution is -2.31. The van der Waals surface area contributed by atoms with Crippen LogP contribution >= 0.6 is 11.6 Å². The number of fused-ring (bicyclic) bond motifs is 3. The topological polar surface area (TPSA) is 91.8 Å². The lowest BCUT2D eigenvalue weighted by Gasteiger charge is -2.27. The van der Waals surface area contributed by atoms with E-state index in [0.717, 1.165) is 30.8 Å². The van der Waals surface area contributed by atoms with Crippen LogP contribution in [0.4, 0.5) is 4.39 Å². The third kappa shape index (κ3) is 2.76. The fourth-order valence-corrected chi connectivity index (χ4v) is 5.31. The SMILES string of the molecule is O=C(O)[C@@H]1C(Cc2nc(-c3c[nH]c4ncc(Cl)cc34)ncc2F)[C@H]2CC[C@@H]1C2. The molecule has 3 aromatic rings. The van der Waals surface area contributed by atoms with Gasteiger partial charge in [0.25, 0.3) is 0 Å². The molecule has 4 atom stereocenters. The molecule has 2 fully saturated rings. The molecule has 28 heavy (non-hydrogen) atoms. The highest BCUT2D eigenvalue weighted by Crippen LogP contribution is 2.53. The summed E-state index contributed by atoms with van der Waals surface area (Å²) in [6, 6.07) is 1.76. The highest BCUT2D eigenvalue weighted by molar-refractivity contribution is 6.31. The highest BCUT2D eigenvalue weighted by Gasteiger charge is 2.51. The molecular weight excluding hydrogens is 383 g/mol. The Morgan fingerprint density at radius 1 is 1.29 bits per heavy atom. The molecule has 1 unspecified atom stereocenters. The minimum Gasteiger partial charge on any atom is -0.481 e. The predicted molar refractivity (Wildman–Crippen MR) is 101 cm³/mol. The van der Waals surface area contributed by atoms with Crippen molar-refractivity contribution in [2.45, 2.75) is 25.7 Å². The number of H-pyrrole nitrogens is 1. The molecule has 2 aliphatic carbocycles. The van der Waals surface area contributed by atoms with Gasteiger partial charge in [0.15, 0.2) is 11.6 Å². The first-order valence-corrected chi connectivity index (χ1v) is 9.76. The van der Waals surface area contributed by atoms with Gasteiger partial charge < -0.3 is 10.1 Å². The Balaban J connectivity index is 1.51. The molecular formula is C20H18ClFN4O2. The Bertz CT molecular complexity index is 1090. The number of aliphatic carboxylic acids is 1. The quantitative estimate of drug-likeness (QED) is 0.687. The van der Waals surface area contributed by atoms with Gasteiger partial charge in [-0.2, -0.15) is 0 Å². The van der Waals surface area contributed by atoms with Crippen molar-refractivity contribution in [2.24, 2.45) is 23.7 Å². The second-order valence-corrected chi connectivity index (χ2v) is 8.24. The lowest BCUT2D eigenvalue weighted by molar-refractivity contribution is -0.145. The standard InChI is InChI=1S/C20H18ClFN4O2/c21-11-4-13-14(7-24-18(13)23-6-11)19-25-8-15(22)16(26-19)5-12-9-1-2-10(3-9)17(12)20(27)28/h4,6-10,12,17H,1-3,5H2,(H,23,24)(H,27,28)/t9-,10+,12?,17-/m0/s1. The van der Waals surface area contributed by atoms with Crippen LogP contribution in [0.3, 0.4) is 0 Å². The molecule has 3 heterocycles. The van der Waals surface area contributed by atoms with Gasteiger partial charge in [-0.25, -0.2) is 19.3 Å². The number of carbonyl (C=O) groups is 1. The van der Waals surface area contributed by atoms with Gasteiger partial charge in [0.1, 0.15) is 5.65 Å². The number of carboxylic acid groups (broad SMARTS) is 1. The molecule has 8 heteroatoms. The zero-order valence-electron chi connectivity index (χ0n) is 14.9. The molecule has 6 nitrogen and oxygen atoms in total. The van der Waals surface area contributed by atoms with E-state index in [1.165, 1.54) is 0 Å². The van der Waals surface area contributed by atoms with Crippen molar-refractivity contribution in [1.82, 2.24) is 19.9 Å². The van der Waals surface area contributed by atoms with Gasteiger partial charge in [0, 0.05) is 23.3 Å². The number of hydrogen-bond acceptors (Lipinski definition) is 4. The zero-order chi connectivity index (χ0) is 19.4. The number of rotatable bonds is 4. The number of carboxylic acids is 1. The molecule has 2 aliphatic rings. The summed E-state index contributed by atoms with van der Waals surface area (Å²) in [6.07, 6.45) is 7.65. The van der Waals surface area contributed by atoms with Gasteiger partial charge in [-0.05, 0) is 49.5 Å². The number of hydrogen-bond donors (Lipinski definition) is 2. The molecule has 2 saturated carbocycles. The van der Waals surface area contributed by atoms with Crippen LogP contribution in [0.5, 0.6) is 0 Å². The van der Waals surface area contributed by atoms with Crippen LogP contribution in [0.1, 0.15) is 25.0 Å². The fraction of sp³-hybridized carbons (Fsp3) is 0.400. The van der Waals surface area contributed by atoms with Gasteiger partial charge in [-0.3, -0.25) is 4.79 Å². The van der Waals surface area contributed by atoms with Gasteiger partial charge in [-0.15, -0.1) is 0 Å². The second-order valence-electron chi connectivity index (χ2n) is 7.81. The summed E-state index contributed by atoms with van der Waals surface area (Å²) in [6.45, 7) is 0. The van der Waals surface area contributed by atoms with Crippen molar-refractivity contribution in [3.8, 4) is 11.4 Å². The molecule has 0 aliphatic heterocycles. The van der Waals surface area contributed by atoms with Crippen molar-refractivity contribution in [3.05, 3.63) is 41.2 Å². The van der Waals surface area contributed by atoms with Crippen molar-refractivity contribution in [1.29, 1.82) is 0 Å². The molecule has 3 aromatic heterocycles. The summed E-state index contributed by atoms with van der Waals surface area (Å²) >= 11 is 6.05. The summed E-state index contributed by atoms with van der Waals surface area (Å²) in [5.41, 5.74) is 1.61. The van der Waals surface area contributed by atoms with Crippen LogP contribution < -0.4 is 0 Å². The fourth-order valence-electron chi connectivity index (χ4n) is 5.15. The van der Waals surface area contributed by atoms with Crippen LogP contribution in [0.15, 0.2) is 24.7 Å². The van der Waals surface area contributed by atoms with E-state index in [9.17, 15) is 14.3 Å². The minimum atomic E-state index is -0.774. The monoisotopic (exact) mass is 400 g/mol. The first-order chi connectivity index (χ1) is 13.5. The number of nitrogens with one attached hydrogen (secondary N) is 1. The molecule has 0 spiro atoms. The van der Waals surface area contributed by atoms with Crippen molar-refractivity contribution >= 4 is 28.6 Å². The third-order valence-electron chi connectivity index (χ3n) is 6.36. The number of nitrogens with zero attached hydrogens (tertiary/aromatic N) is 3. The summed E-state index contributed by atoms with van der Waals surface area (Å²) in [7, 11) is 0. The average Bonchev–Trinajstić information content (AvgIpc) is 3.37. The Morgan fingerprint density at radius 3 is 2.93 bits per heavy atom. The Kier molecular flexibility index (Phi) is 4.08. The van der Waals surface area contributed by atoms with E-state index < -0.39 is 17.7 Å². The van der Waals surface area contributed by atoms with E-state index in [-0.39, 0.29) is 17.5 Å². The van der Waals surface area contributed by atoms with E-state index in [1.54, 1.807) is 18.5 Å². The number of aromatic nitrogens is 4. The van der Waals surface area contributed by atoms with E-state index >= 15 is 0 Å². The molecule has 0 saturated heterocycles. The van der Waals surface area contributed by atoms with Crippen LogP contribution in [-0.2, 0) is 11.2 Å². The first kappa shape index (κ1) is 17.6. The van der Waals surface area contributed by atoms with Crippen LogP contribution in [0, 0.1) is 29.5 Å². The van der Waals surface area contributed by atoms with Gasteiger partial charge in [0.2, 0.25) is 0 Å². The van der Waals surface area contributed by atoms with E-state index in [2.05, 4.69) is 19.9 Å². The van der Waals surface area contributed by atoms with E-state index in [1.807, 2.05) is 0 Å². The molecule has 2 bridgehead atoms. The molecule has 0 radical (unpaired) electrons. The van der Waals surface area contributed by atoms with Crippen LogP contribution in [0.25, 0.3) is 22.4 Å². The van der Waals surface area contributed by atoms with Gasteiger partial charge >= 0.3 is 5.97 Å². The molecule has 0 amide bonds. The van der Waals surface area contributed by atoms with Gasteiger partial charge in [-0.1, -0.05) is 11.6 Å². The maximum absolute atomic E-state index is 14.5. The Morgan fingerprint density at radius 2 is 2.11 bits per heavy atom. The largest absolute Gasteiger partial charge is 0.481 e. The van der Waals surface area contributed by atoms with Gasteiger partial charge in [0.05, 0.1) is 22.8 Å². The smallest absolute Gasteiger partial charge is 0.307 e. The average molecular weight is 401 g/mol. The van der Waals surface area contributed by atoms with E-state index in [4.69, 9.17) is 11.6 Å². The predicted octanol–water partition coefficient (Wildman–Crippen LogP) is 4.10. The maximum Gasteiger partial charge on any atom is 0.307 e. The van der Waals surface area contributed by atoms with Crippen LogP contribution in [0.2, 0.25) is 5.02 Å². The Labute approximate surface area is 165 Å². The summed E-state index contributed by atoms with van der Waals surface area (Å²) in [5.74, 6) is -0.836. The molecule has 144 valence electrons. The lowest BCUT2D eigenvalue weighted by atomic mass is 9.77. The molecule has 0 aromatic carbocycles. The third-order valence-corrected chi connectivity index (χ3v) is 6.56. The number of pyridine rings is 1. The summed E-state index contributed by atoms with van der Waals surface area (Å²) < 4.78 is 14.5. The zero-order valence-corrected chi connectivity index (χ0v) is 15.7. The van der Waals surface area contributed by atoms with E-state index in [0.29, 0.717) is 34.4 Å². The van der Waals surface area contributed by atoms with Crippen molar-refractivity contribution < 1.29 is 14.3 Å². The molecule has 5 rings (SSSR count). The normalized spacial score (nSPS) is 26.2. The Hall–Kier alpha value is -2.54. The summed E-state index contributed by atoms with van der Waals surface area (Å²) in [4.78, 5) is 27.6.